The minimum absolute atomic E-state index is 0.0908. The Morgan fingerprint density at radius 2 is 1.60 bits per heavy atom. The summed E-state index contributed by atoms with van der Waals surface area (Å²) in [6.45, 7) is 13.5. The first kappa shape index (κ1) is 28.8. The van der Waals surface area contributed by atoms with Crippen molar-refractivity contribution in [3.63, 3.8) is 0 Å². The van der Waals surface area contributed by atoms with E-state index in [9.17, 15) is 19.8 Å². The van der Waals surface area contributed by atoms with E-state index in [1.54, 1.807) is 0 Å². The van der Waals surface area contributed by atoms with Crippen molar-refractivity contribution in [2.75, 3.05) is 0 Å². The van der Waals surface area contributed by atoms with Gasteiger partial charge in [0.2, 0.25) is 0 Å². The molecule has 0 spiro atoms. The van der Waals surface area contributed by atoms with E-state index in [1.807, 2.05) is 19.1 Å². The molecule has 0 aromatic heterocycles. The highest BCUT2D eigenvalue weighted by Crippen LogP contribution is 2.47. The molecule has 1 aliphatic carbocycles. The van der Waals surface area contributed by atoms with Gasteiger partial charge in [0.15, 0.2) is 0 Å². The molecule has 0 heterocycles. The average molecular weight is 487 g/mol. The van der Waals surface area contributed by atoms with Crippen LogP contribution in [-0.4, -0.2) is 34.4 Å². The van der Waals surface area contributed by atoms with Crippen molar-refractivity contribution in [2.24, 2.45) is 5.92 Å². The fourth-order valence-corrected chi connectivity index (χ4v) is 4.59. The van der Waals surface area contributed by atoms with Crippen molar-refractivity contribution in [3.05, 3.63) is 47.1 Å². The Hall–Kier alpha value is -2.44. The molecular formula is C29H42O6. The highest BCUT2D eigenvalue weighted by molar-refractivity contribution is 5.76. The SMILES string of the molecule is C=C(C)C1CCC(C)=CC1c1c(OC(=O)CC(C)O)cc(CCCCC)cc1OC(=O)CC(C)O. The quantitative estimate of drug-likeness (QED) is 0.168. The summed E-state index contributed by atoms with van der Waals surface area (Å²) in [6.07, 6.45) is 5.86. The van der Waals surface area contributed by atoms with Crippen LogP contribution in [0.4, 0.5) is 0 Å². The molecule has 0 saturated carbocycles. The maximum Gasteiger partial charge on any atom is 0.313 e. The molecule has 0 aliphatic heterocycles. The Bertz CT molecular complexity index is 882. The lowest BCUT2D eigenvalue weighted by molar-refractivity contribution is -0.136. The molecule has 194 valence electrons. The number of aliphatic hydroxyl groups excluding tert-OH is 2. The summed E-state index contributed by atoms with van der Waals surface area (Å²) in [5.74, 6) is -0.477. The Balaban J connectivity index is 2.67. The Morgan fingerprint density at radius 3 is 2.06 bits per heavy atom. The van der Waals surface area contributed by atoms with E-state index in [0.29, 0.717) is 17.1 Å². The molecule has 2 N–H and O–H groups in total. The number of allylic oxidation sites excluding steroid dienone is 3. The van der Waals surface area contributed by atoms with Gasteiger partial charge in [-0.15, -0.1) is 0 Å². The first-order valence-electron chi connectivity index (χ1n) is 12.8. The number of hydrogen-bond acceptors (Lipinski definition) is 6. The monoisotopic (exact) mass is 486 g/mol. The second kappa shape index (κ2) is 13.6. The molecule has 1 aliphatic rings. The van der Waals surface area contributed by atoms with E-state index < -0.39 is 24.1 Å². The van der Waals surface area contributed by atoms with Crippen LogP contribution in [0.3, 0.4) is 0 Å². The number of carbonyl (C=O) groups is 2. The van der Waals surface area contributed by atoms with Crippen LogP contribution in [0.25, 0.3) is 0 Å². The van der Waals surface area contributed by atoms with Crippen LogP contribution < -0.4 is 9.47 Å². The van der Waals surface area contributed by atoms with Crippen LogP contribution in [0, 0.1) is 5.92 Å². The van der Waals surface area contributed by atoms with Gasteiger partial charge in [-0.3, -0.25) is 9.59 Å². The van der Waals surface area contributed by atoms with Gasteiger partial charge >= 0.3 is 11.9 Å². The van der Waals surface area contributed by atoms with Gasteiger partial charge < -0.3 is 19.7 Å². The Labute approximate surface area is 210 Å². The van der Waals surface area contributed by atoms with E-state index in [0.717, 1.165) is 49.7 Å². The molecule has 0 saturated heterocycles. The second-order valence-corrected chi connectivity index (χ2v) is 10.0. The summed E-state index contributed by atoms with van der Waals surface area (Å²) in [6, 6.07) is 3.73. The Morgan fingerprint density at radius 1 is 1.06 bits per heavy atom. The molecule has 6 nitrogen and oxygen atoms in total. The van der Waals surface area contributed by atoms with Gasteiger partial charge in [-0.1, -0.05) is 43.6 Å². The maximum atomic E-state index is 12.6. The largest absolute Gasteiger partial charge is 0.426 e. The molecule has 35 heavy (non-hydrogen) atoms. The van der Waals surface area contributed by atoms with Gasteiger partial charge in [0.1, 0.15) is 11.5 Å². The van der Waals surface area contributed by atoms with E-state index in [-0.39, 0.29) is 24.7 Å². The number of esters is 2. The summed E-state index contributed by atoms with van der Waals surface area (Å²) in [5.41, 5.74) is 3.76. The first-order chi connectivity index (χ1) is 16.5. The fraction of sp³-hybridized carbons (Fsp3) is 0.586. The van der Waals surface area contributed by atoms with Gasteiger partial charge in [0, 0.05) is 11.5 Å². The lowest BCUT2D eigenvalue weighted by Gasteiger charge is -2.32. The van der Waals surface area contributed by atoms with Crippen molar-refractivity contribution in [1.29, 1.82) is 0 Å². The van der Waals surface area contributed by atoms with Crippen LogP contribution >= 0.6 is 0 Å². The highest BCUT2D eigenvalue weighted by atomic mass is 16.5. The number of rotatable bonds is 12. The third-order valence-corrected chi connectivity index (χ3v) is 6.32. The lowest BCUT2D eigenvalue weighted by Crippen LogP contribution is -2.22. The molecule has 0 radical (unpaired) electrons. The predicted molar refractivity (Wildman–Crippen MR) is 138 cm³/mol. The Kier molecular flexibility index (Phi) is 11.2. The van der Waals surface area contributed by atoms with E-state index in [2.05, 4.69) is 26.5 Å². The molecule has 0 bridgehead atoms. The number of benzene rings is 1. The first-order valence-corrected chi connectivity index (χ1v) is 12.8. The maximum absolute atomic E-state index is 12.6. The van der Waals surface area contributed by atoms with E-state index in [4.69, 9.17) is 9.47 Å². The molecule has 1 aromatic rings. The topological polar surface area (TPSA) is 93.1 Å². The third-order valence-electron chi connectivity index (χ3n) is 6.32. The summed E-state index contributed by atoms with van der Waals surface area (Å²) in [7, 11) is 0. The van der Waals surface area contributed by atoms with Crippen molar-refractivity contribution >= 4 is 11.9 Å². The summed E-state index contributed by atoms with van der Waals surface area (Å²) >= 11 is 0. The van der Waals surface area contributed by atoms with Crippen LogP contribution in [0.15, 0.2) is 35.9 Å². The number of aliphatic hydroxyl groups is 2. The van der Waals surface area contributed by atoms with Crippen LogP contribution in [0.5, 0.6) is 11.5 Å². The van der Waals surface area contributed by atoms with Crippen molar-refractivity contribution in [2.45, 2.75) is 104 Å². The lowest BCUT2D eigenvalue weighted by atomic mass is 9.73. The number of aryl methyl sites for hydroxylation is 1. The van der Waals surface area contributed by atoms with Crippen LogP contribution in [-0.2, 0) is 16.0 Å². The number of hydrogen-bond donors (Lipinski definition) is 2. The molecule has 1 aromatic carbocycles. The van der Waals surface area contributed by atoms with Crippen molar-refractivity contribution in [3.8, 4) is 11.5 Å². The van der Waals surface area contributed by atoms with Crippen molar-refractivity contribution < 1.29 is 29.3 Å². The molecule has 6 heteroatoms. The van der Waals surface area contributed by atoms with Crippen LogP contribution in [0.1, 0.15) is 96.6 Å². The van der Waals surface area contributed by atoms with Gasteiger partial charge in [-0.05, 0) is 77.0 Å². The zero-order chi connectivity index (χ0) is 26.1. The molecular weight excluding hydrogens is 444 g/mol. The zero-order valence-corrected chi connectivity index (χ0v) is 21.9. The predicted octanol–water partition coefficient (Wildman–Crippen LogP) is 5.79. The molecule has 2 rings (SSSR count). The molecule has 0 amide bonds. The normalized spacial score (nSPS) is 19.5. The number of ether oxygens (including phenoxy) is 2. The van der Waals surface area contributed by atoms with Gasteiger partial charge in [-0.25, -0.2) is 0 Å². The summed E-state index contributed by atoms with van der Waals surface area (Å²) in [4.78, 5) is 25.3. The summed E-state index contributed by atoms with van der Waals surface area (Å²) < 4.78 is 11.6. The van der Waals surface area contributed by atoms with Gasteiger partial charge in [0.25, 0.3) is 0 Å². The zero-order valence-electron chi connectivity index (χ0n) is 21.9. The molecule has 4 atom stereocenters. The minimum atomic E-state index is -0.831. The van der Waals surface area contributed by atoms with Gasteiger partial charge in [0.05, 0.1) is 25.0 Å². The minimum Gasteiger partial charge on any atom is -0.426 e. The average Bonchev–Trinajstić information content (AvgIpc) is 2.72. The fourth-order valence-electron chi connectivity index (χ4n) is 4.59. The standard InChI is InChI=1S/C29H42O6/c1-7-8-9-10-22-16-25(34-27(32)14-20(5)30)29(26(17-22)35-28(33)15-21(6)31)24-13-19(4)11-12-23(24)18(2)3/h13,16-17,20-21,23-24,30-31H,2,7-12,14-15H2,1,3-6H3. The van der Waals surface area contributed by atoms with Crippen LogP contribution in [0.2, 0.25) is 0 Å². The second-order valence-electron chi connectivity index (χ2n) is 10.0. The number of unbranched alkanes of at least 4 members (excludes halogenated alkanes) is 2. The van der Waals surface area contributed by atoms with Crippen molar-refractivity contribution in [1.82, 2.24) is 0 Å². The number of carbonyl (C=O) groups excluding carboxylic acids is 2. The highest BCUT2D eigenvalue weighted by Gasteiger charge is 2.32. The van der Waals surface area contributed by atoms with E-state index in [1.165, 1.54) is 19.4 Å². The van der Waals surface area contributed by atoms with Gasteiger partial charge in [-0.2, -0.15) is 0 Å². The molecule has 4 unspecified atom stereocenters. The van der Waals surface area contributed by atoms with E-state index >= 15 is 0 Å². The third kappa shape index (κ3) is 8.93. The summed E-state index contributed by atoms with van der Waals surface area (Å²) in [5, 5.41) is 19.4. The molecule has 0 fully saturated rings. The smallest absolute Gasteiger partial charge is 0.313 e.